The van der Waals surface area contributed by atoms with Crippen molar-refractivity contribution < 1.29 is 66.1 Å². The van der Waals surface area contributed by atoms with Crippen molar-refractivity contribution in [1.82, 2.24) is 19.9 Å². The Balaban J connectivity index is 1.37. The number of amides is 1. The molecule has 20 heteroatoms. The Morgan fingerprint density at radius 3 is 2.33 bits per heavy atom. The predicted molar refractivity (Wildman–Crippen MR) is 293 cm³/mol. The number of esters is 1. The van der Waals surface area contributed by atoms with Crippen molar-refractivity contribution in [1.29, 1.82) is 0 Å². The third-order valence-corrected chi connectivity index (χ3v) is 19.1. The molecule has 2 aromatic rings. The van der Waals surface area contributed by atoms with E-state index in [1.807, 2.05) is 39.6 Å². The number of aromatic nitrogens is 3. The molecule has 4 heterocycles. The number of aliphatic hydroxyl groups is 3. The number of aliphatic hydroxyl groups excluding tert-OH is 2. The highest BCUT2D eigenvalue weighted by atomic mass is 32.2. The molecule has 1 saturated carbocycles. The highest BCUT2D eigenvalue weighted by Gasteiger charge is 2.54. The van der Waals surface area contributed by atoms with Crippen molar-refractivity contribution in [3.63, 3.8) is 0 Å². The zero-order valence-electron chi connectivity index (χ0n) is 48.8. The van der Waals surface area contributed by atoms with Gasteiger partial charge in [0, 0.05) is 69.5 Å². The number of benzene rings is 1. The lowest BCUT2D eigenvalue weighted by atomic mass is 9.65. The zero-order valence-corrected chi connectivity index (χ0v) is 49.6. The summed E-state index contributed by atoms with van der Waals surface area (Å²) in [5, 5.41) is 45.2. The van der Waals surface area contributed by atoms with Gasteiger partial charge in [-0.25, -0.2) is 22.5 Å². The minimum atomic E-state index is -3.38. The van der Waals surface area contributed by atoms with Crippen molar-refractivity contribution in [3.8, 4) is 0 Å². The van der Waals surface area contributed by atoms with Gasteiger partial charge in [-0.1, -0.05) is 64.1 Å². The smallest absolute Gasteiger partial charge is 0.311 e. The van der Waals surface area contributed by atoms with Crippen LogP contribution < -0.4 is 0 Å². The van der Waals surface area contributed by atoms with Gasteiger partial charge in [0.1, 0.15) is 30.6 Å². The first-order valence-corrected chi connectivity index (χ1v) is 30.0. The lowest BCUT2D eigenvalue weighted by Crippen LogP contribution is -2.60. The number of cyclic esters (lactones) is 1. The van der Waals surface area contributed by atoms with Crippen LogP contribution in [-0.2, 0) is 60.7 Å². The molecule has 18 nitrogen and oxygen atoms in total. The summed E-state index contributed by atoms with van der Waals surface area (Å²) in [4.78, 5) is 35.0. The van der Waals surface area contributed by atoms with Gasteiger partial charge < -0.3 is 48.6 Å². The van der Waals surface area contributed by atoms with Gasteiger partial charge in [0.2, 0.25) is 5.91 Å². The maximum atomic E-state index is 14.9. The Morgan fingerprint density at radius 2 is 1.72 bits per heavy atom. The molecule has 0 radical (unpaired) electrons. The van der Waals surface area contributed by atoms with Crippen LogP contribution in [0.3, 0.4) is 0 Å². The number of ether oxygens (including phenoxy) is 6. The topological polar surface area (TPSA) is 231 Å². The fourth-order valence-corrected chi connectivity index (χ4v) is 13.8. The summed E-state index contributed by atoms with van der Waals surface area (Å²) in [5.74, 6) is -3.85. The largest absolute Gasteiger partial charge is 0.459 e. The molecule has 78 heavy (non-hydrogen) atoms. The summed E-state index contributed by atoms with van der Waals surface area (Å²) in [5.41, 5.74) is -0.450. The summed E-state index contributed by atoms with van der Waals surface area (Å²) in [6, 6.07) is 5.26. The van der Waals surface area contributed by atoms with Crippen molar-refractivity contribution in [2.45, 2.75) is 224 Å². The molecule has 19 atom stereocenters. The first kappa shape index (κ1) is 63.6. The fraction of sp³-hybridized carbons (Fsp3) is 0.776. The van der Waals surface area contributed by atoms with Crippen LogP contribution in [0.4, 0.5) is 4.39 Å². The summed E-state index contributed by atoms with van der Waals surface area (Å²) in [6.07, 6.45) is -1.05. The summed E-state index contributed by atoms with van der Waals surface area (Å²) >= 11 is 0. The van der Waals surface area contributed by atoms with Crippen LogP contribution in [-0.4, -0.2) is 167 Å². The maximum absolute atomic E-state index is 14.9. The van der Waals surface area contributed by atoms with Gasteiger partial charge >= 0.3 is 5.97 Å². The van der Waals surface area contributed by atoms with Gasteiger partial charge in [-0.05, 0) is 128 Å². The predicted octanol–water partition coefficient (Wildman–Crippen LogP) is 7.21. The maximum Gasteiger partial charge on any atom is 0.311 e. The van der Waals surface area contributed by atoms with E-state index >= 15 is 0 Å². The molecular formula is C58H92FN5O13S. The SMILES string of the molecule is C=C1CC[C@@H]2[C@@H](C)C(=NC(C)=O)[C@H](C)C[C@@](C)(CC1)[C@H](O[C@@H]1O[C@H](C)C[C@H](N(C)CCc3cn([C@H](CF)Cc4ccc(S(C)(=O)=O)cc4)nn3)[C@H]1O)[C@@H](C)[C@H](O[C@H]1C[C@@](C)(OC)[C@@H](O)[C@H](C)O1)[C@@H](C)C(=O)O[C@H](CC)[C@@]2(C)O. The third kappa shape index (κ3) is 14.7. The van der Waals surface area contributed by atoms with E-state index < -0.39 is 124 Å². The number of likely N-dealkylation sites (N-methyl/N-ethyl adjacent to an activating group) is 1. The number of carbonyl (C=O) groups excluding carboxylic acids is 2. The number of carbonyl (C=O) groups is 2. The minimum Gasteiger partial charge on any atom is -0.459 e. The molecule has 2 bridgehead atoms. The highest BCUT2D eigenvalue weighted by Crippen LogP contribution is 2.49. The first-order chi connectivity index (χ1) is 36.5. The molecular weight excluding hydrogens is 1030 g/mol. The van der Waals surface area contributed by atoms with Crippen LogP contribution in [0.1, 0.15) is 145 Å². The number of methoxy groups -OCH3 is 1. The highest BCUT2D eigenvalue weighted by molar-refractivity contribution is 7.90. The van der Waals surface area contributed by atoms with E-state index in [9.17, 15) is 37.7 Å². The van der Waals surface area contributed by atoms with Crippen LogP contribution in [0.2, 0.25) is 0 Å². The van der Waals surface area contributed by atoms with Crippen LogP contribution in [0.5, 0.6) is 0 Å². The number of aliphatic imine (C=N–C) groups is 1. The first-order valence-electron chi connectivity index (χ1n) is 28.1. The van der Waals surface area contributed by atoms with Gasteiger partial charge in [0.15, 0.2) is 22.4 Å². The van der Waals surface area contributed by atoms with E-state index in [1.165, 1.54) is 30.8 Å². The monoisotopic (exact) mass is 1120 g/mol. The standard InChI is InChI=1S/C58H92FN5O13S/c1-16-47-58(12,69)45-22-17-33(2)23-25-56(10,29-34(3)49(36(45)5)60-40(9)65)53(37(6)51(38(7)54(68)75-47)76-48-30-57(11,72-14)52(67)39(8)74-48)77-55-50(66)46(27-35(4)73-55)63(13)26-24-42-32-64(62-61-42)43(31-59)28-41-18-20-44(21-19-41)78(15,70)71/h18-21,32,34-39,43,45-48,50-53,55,66-67,69H,2,16-17,22-31H2,1,3-15H3/t34-,35-,36-,37+,38-,39+,43+,45-,46+,47-,48+,50-,51+,52+,53-,55+,56-,57-,58+/m1/s1. The van der Waals surface area contributed by atoms with Crippen molar-refractivity contribution in [2.75, 3.05) is 33.6 Å². The number of alkyl halides is 1. The quantitative estimate of drug-likeness (QED) is 0.118. The third-order valence-electron chi connectivity index (χ3n) is 18.0. The fourth-order valence-electron chi connectivity index (χ4n) is 13.2. The number of sulfone groups is 1. The van der Waals surface area contributed by atoms with Crippen LogP contribution >= 0.6 is 0 Å². The number of allylic oxidation sites excluding steroid dienone is 1. The second-order valence-electron chi connectivity index (χ2n) is 24.3. The van der Waals surface area contributed by atoms with Gasteiger partial charge in [-0.15, -0.1) is 5.10 Å². The average molecular weight is 1120 g/mol. The average Bonchev–Trinajstić information content (AvgIpc) is 3.90. The van der Waals surface area contributed by atoms with Crippen LogP contribution in [0.25, 0.3) is 0 Å². The van der Waals surface area contributed by atoms with Crippen molar-refractivity contribution in [2.24, 2.45) is 40.0 Å². The zero-order chi connectivity index (χ0) is 57.8. The molecule has 4 fully saturated rings. The Labute approximate surface area is 463 Å². The number of hydrogen-bond donors (Lipinski definition) is 3. The number of rotatable bonds is 15. The molecule has 440 valence electrons. The second-order valence-corrected chi connectivity index (χ2v) is 26.3. The van der Waals surface area contributed by atoms with Crippen molar-refractivity contribution in [3.05, 3.63) is 53.9 Å². The molecule has 0 spiro atoms. The van der Waals surface area contributed by atoms with Crippen LogP contribution in [0, 0.1) is 35.0 Å². The molecule has 1 aromatic carbocycles. The van der Waals surface area contributed by atoms with E-state index in [0.29, 0.717) is 69.3 Å². The van der Waals surface area contributed by atoms with E-state index in [2.05, 4.69) is 30.7 Å². The molecule has 3 saturated heterocycles. The second kappa shape index (κ2) is 26.1. The number of halogens is 1. The lowest BCUT2D eigenvalue weighted by molar-refractivity contribution is -0.314. The molecule has 1 amide bonds. The number of fused-ring (bicyclic) bond motifs is 5. The summed E-state index contributed by atoms with van der Waals surface area (Å²) < 4.78 is 79.8. The molecule has 0 unspecified atom stereocenters. The molecule has 6 rings (SSSR count). The Kier molecular flexibility index (Phi) is 21.3. The van der Waals surface area contributed by atoms with Gasteiger partial charge in [-0.2, -0.15) is 0 Å². The lowest BCUT2D eigenvalue weighted by Gasteiger charge is -2.51. The van der Waals surface area contributed by atoms with E-state index in [0.717, 1.165) is 17.4 Å². The molecule has 1 aliphatic carbocycles. The van der Waals surface area contributed by atoms with Gasteiger partial charge in [0.25, 0.3) is 0 Å². The minimum absolute atomic E-state index is 0.127. The number of hydrogen-bond acceptors (Lipinski definition) is 16. The van der Waals surface area contributed by atoms with Crippen LogP contribution in [0.15, 0.2) is 52.5 Å². The normalized spacial score (nSPS) is 38.8. The number of nitrogens with zero attached hydrogens (tertiary/aromatic N) is 5. The molecule has 4 aliphatic rings. The molecule has 1 aromatic heterocycles. The van der Waals surface area contributed by atoms with E-state index in [1.54, 1.807) is 46.0 Å². The Bertz CT molecular complexity index is 2490. The van der Waals surface area contributed by atoms with Gasteiger partial charge in [0.05, 0.1) is 52.6 Å². The van der Waals surface area contributed by atoms with E-state index in [-0.39, 0.29) is 35.7 Å². The van der Waals surface area contributed by atoms with Gasteiger partial charge in [-0.3, -0.25) is 9.59 Å². The Hall–Kier alpha value is -3.57. The van der Waals surface area contributed by atoms with E-state index in [4.69, 9.17) is 33.4 Å². The summed E-state index contributed by atoms with van der Waals surface area (Å²) in [7, 11) is 0.0639. The molecule has 3 N–H and O–H groups in total. The summed E-state index contributed by atoms with van der Waals surface area (Å²) in [6.45, 7) is 24.7. The Morgan fingerprint density at radius 1 is 1.04 bits per heavy atom. The van der Waals surface area contributed by atoms with Crippen molar-refractivity contribution >= 4 is 27.4 Å². The molecule has 3 aliphatic heterocycles.